The van der Waals surface area contributed by atoms with Gasteiger partial charge in [-0.3, -0.25) is 9.59 Å². The molecule has 0 fully saturated rings. The van der Waals surface area contributed by atoms with Gasteiger partial charge in [-0.2, -0.15) is 0 Å². The molecule has 0 aliphatic carbocycles. The molecule has 20 heavy (non-hydrogen) atoms. The third kappa shape index (κ3) is 4.95. The van der Waals surface area contributed by atoms with Crippen LogP contribution in [0.5, 0.6) is 0 Å². The van der Waals surface area contributed by atoms with Gasteiger partial charge in [0.15, 0.2) is 0 Å². The van der Waals surface area contributed by atoms with Crippen LogP contribution < -0.4 is 5.32 Å². The van der Waals surface area contributed by atoms with E-state index >= 15 is 0 Å². The number of carbonyl (C=O) groups is 2. The SMILES string of the molecule is CC(CC(=O)O)CC(=O)NC(C)c1cc(F)ccc1F. The molecule has 2 atom stereocenters. The zero-order chi connectivity index (χ0) is 15.3. The molecular formula is C14H17F2NO3. The molecular weight excluding hydrogens is 268 g/mol. The van der Waals surface area contributed by atoms with Crippen molar-refractivity contribution >= 4 is 11.9 Å². The molecule has 0 aromatic heterocycles. The van der Waals surface area contributed by atoms with E-state index in [2.05, 4.69) is 5.32 Å². The molecule has 1 aromatic rings. The fourth-order valence-electron chi connectivity index (χ4n) is 1.91. The minimum atomic E-state index is -0.977. The molecule has 0 spiro atoms. The first kappa shape index (κ1) is 16.1. The highest BCUT2D eigenvalue weighted by atomic mass is 19.1. The van der Waals surface area contributed by atoms with Crippen molar-refractivity contribution in [2.75, 3.05) is 0 Å². The Hall–Kier alpha value is -1.98. The lowest BCUT2D eigenvalue weighted by Gasteiger charge is -2.16. The predicted molar refractivity (Wildman–Crippen MR) is 68.9 cm³/mol. The number of hydrogen-bond acceptors (Lipinski definition) is 2. The Bertz CT molecular complexity index is 505. The molecule has 0 saturated heterocycles. The van der Waals surface area contributed by atoms with Crippen LogP contribution in [0.25, 0.3) is 0 Å². The monoisotopic (exact) mass is 285 g/mol. The van der Waals surface area contributed by atoms with Gasteiger partial charge in [0.05, 0.1) is 6.04 Å². The lowest BCUT2D eigenvalue weighted by molar-refractivity contribution is -0.138. The molecule has 0 aliphatic heterocycles. The maximum absolute atomic E-state index is 13.5. The van der Waals surface area contributed by atoms with Gasteiger partial charge in [-0.05, 0) is 31.0 Å². The number of halogens is 2. The topological polar surface area (TPSA) is 66.4 Å². The summed E-state index contributed by atoms with van der Waals surface area (Å²) in [6, 6.07) is 2.35. The van der Waals surface area contributed by atoms with E-state index in [9.17, 15) is 18.4 Å². The van der Waals surface area contributed by atoms with E-state index in [-0.39, 0.29) is 24.3 Å². The number of amides is 1. The normalized spacial score (nSPS) is 13.6. The molecule has 1 aromatic carbocycles. The number of carboxylic acids is 1. The Morgan fingerprint density at radius 2 is 1.90 bits per heavy atom. The van der Waals surface area contributed by atoms with Crippen molar-refractivity contribution in [3.63, 3.8) is 0 Å². The second-order valence-corrected chi connectivity index (χ2v) is 4.86. The molecule has 1 rings (SSSR count). The summed E-state index contributed by atoms with van der Waals surface area (Å²) >= 11 is 0. The first-order valence-corrected chi connectivity index (χ1v) is 6.25. The van der Waals surface area contributed by atoms with Crippen LogP contribution in [0.4, 0.5) is 8.78 Å². The Morgan fingerprint density at radius 3 is 2.50 bits per heavy atom. The van der Waals surface area contributed by atoms with E-state index in [1.807, 2.05) is 0 Å². The number of carbonyl (C=O) groups excluding carboxylic acids is 1. The van der Waals surface area contributed by atoms with E-state index in [0.717, 1.165) is 18.2 Å². The first-order chi connectivity index (χ1) is 9.29. The zero-order valence-electron chi connectivity index (χ0n) is 11.3. The van der Waals surface area contributed by atoms with E-state index in [1.54, 1.807) is 6.92 Å². The van der Waals surface area contributed by atoms with E-state index < -0.39 is 29.6 Å². The molecule has 0 saturated carbocycles. The quantitative estimate of drug-likeness (QED) is 0.844. The minimum Gasteiger partial charge on any atom is -0.481 e. The van der Waals surface area contributed by atoms with Crippen LogP contribution in [0.3, 0.4) is 0 Å². The van der Waals surface area contributed by atoms with Gasteiger partial charge < -0.3 is 10.4 Å². The van der Waals surface area contributed by atoms with Gasteiger partial charge in [0.25, 0.3) is 0 Å². The highest BCUT2D eigenvalue weighted by Crippen LogP contribution is 2.18. The highest BCUT2D eigenvalue weighted by molar-refractivity contribution is 5.77. The third-order valence-electron chi connectivity index (χ3n) is 2.86. The Balaban J connectivity index is 2.61. The number of aliphatic carboxylic acids is 1. The maximum atomic E-state index is 13.5. The Kier molecular flexibility index (Phi) is 5.61. The van der Waals surface area contributed by atoms with E-state index in [1.165, 1.54) is 6.92 Å². The number of benzene rings is 1. The van der Waals surface area contributed by atoms with Crippen molar-refractivity contribution in [2.45, 2.75) is 32.7 Å². The van der Waals surface area contributed by atoms with Crippen molar-refractivity contribution in [3.8, 4) is 0 Å². The van der Waals surface area contributed by atoms with Crippen LogP contribution in [0.1, 0.15) is 38.3 Å². The Morgan fingerprint density at radius 1 is 1.25 bits per heavy atom. The third-order valence-corrected chi connectivity index (χ3v) is 2.86. The van der Waals surface area contributed by atoms with Gasteiger partial charge in [-0.25, -0.2) is 8.78 Å². The molecule has 0 aliphatic rings. The molecule has 110 valence electrons. The molecule has 2 N–H and O–H groups in total. The number of rotatable bonds is 6. The summed E-state index contributed by atoms with van der Waals surface area (Å²) in [5.74, 6) is -2.87. The summed E-state index contributed by atoms with van der Waals surface area (Å²) in [5.41, 5.74) is 0.0595. The van der Waals surface area contributed by atoms with Crippen molar-refractivity contribution in [1.29, 1.82) is 0 Å². The van der Waals surface area contributed by atoms with Gasteiger partial charge in [0.1, 0.15) is 11.6 Å². The molecule has 6 heteroatoms. The number of nitrogens with one attached hydrogen (secondary N) is 1. The molecule has 2 unspecified atom stereocenters. The van der Waals surface area contributed by atoms with Crippen molar-refractivity contribution < 1.29 is 23.5 Å². The summed E-state index contributed by atoms with van der Waals surface area (Å²) in [5, 5.41) is 11.1. The fourth-order valence-corrected chi connectivity index (χ4v) is 1.91. The summed E-state index contributed by atoms with van der Waals surface area (Å²) < 4.78 is 26.6. The second-order valence-electron chi connectivity index (χ2n) is 4.86. The lowest BCUT2D eigenvalue weighted by atomic mass is 10.0. The van der Waals surface area contributed by atoms with Gasteiger partial charge in [0, 0.05) is 18.4 Å². The number of carboxylic acid groups (broad SMARTS) is 1. The predicted octanol–water partition coefficient (Wildman–Crippen LogP) is 2.64. The van der Waals surface area contributed by atoms with Gasteiger partial charge in [-0.1, -0.05) is 6.92 Å². The average Bonchev–Trinajstić information content (AvgIpc) is 2.30. The smallest absolute Gasteiger partial charge is 0.303 e. The van der Waals surface area contributed by atoms with Crippen molar-refractivity contribution in [2.24, 2.45) is 5.92 Å². The molecule has 1 amide bonds. The first-order valence-electron chi connectivity index (χ1n) is 6.25. The van der Waals surface area contributed by atoms with E-state index in [4.69, 9.17) is 5.11 Å². The summed E-state index contributed by atoms with van der Waals surface area (Å²) in [4.78, 5) is 22.2. The zero-order valence-corrected chi connectivity index (χ0v) is 11.3. The van der Waals surface area contributed by atoms with Gasteiger partial charge >= 0.3 is 5.97 Å². The Labute approximate surface area is 115 Å². The molecule has 0 heterocycles. The minimum absolute atomic E-state index is 0.0214. The lowest BCUT2D eigenvalue weighted by Crippen LogP contribution is -2.29. The molecule has 0 bridgehead atoms. The summed E-state index contributed by atoms with van der Waals surface area (Å²) in [6.45, 7) is 3.18. The largest absolute Gasteiger partial charge is 0.481 e. The summed E-state index contributed by atoms with van der Waals surface area (Å²) in [6.07, 6.45) is -0.0935. The fraction of sp³-hybridized carbons (Fsp3) is 0.429. The highest BCUT2D eigenvalue weighted by Gasteiger charge is 2.17. The van der Waals surface area contributed by atoms with Crippen LogP contribution >= 0.6 is 0 Å². The average molecular weight is 285 g/mol. The molecule has 0 radical (unpaired) electrons. The van der Waals surface area contributed by atoms with Crippen LogP contribution in [-0.4, -0.2) is 17.0 Å². The van der Waals surface area contributed by atoms with Crippen molar-refractivity contribution in [3.05, 3.63) is 35.4 Å². The van der Waals surface area contributed by atoms with Gasteiger partial charge in [-0.15, -0.1) is 0 Å². The number of hydrogen-bond donors (Lipinski definition) is 2. The molecule has 4 nitrogen and oxygen atoms in total. The van der Waals surface area contributed by atoms with E-state index in [0.29, 0.717) is 0 Å². The summed E-state index contributed by atoms with van der Waals surface area (Å²) in [7, 11) is 0. The van der Waals surface area contributed by atoms with Crippen LogP contribution in [0.15, 0.2) is 18.2 Å². The second kappa shape index (κ2) is 6.98. The van der Waals surface area contributed by atoms with Crippen LogP contribution in [0.2, 0.25) is 0 Å². The van der Waals surface area contributed by atoms with Crippen LogP contribution in [-0.2, 0) is 9.59 Å². The van der Waals surface area contributed by atoms with Crippen LogP contribution in [0, 0.1) is 17.6 Å². The van der Waals surface area contributed by atoms with Crippen molar-refractivity contribution in [1.82, 2.24) is 5.32 Å². The standard InChI is InChI=1S/C14H17F2NO3/c1-8(6-14(19)20)5-13(18)17-9(2)11-7-10(15)3-4-12(11)16/h3-4,7-9H,5-6H2,1-2H3,(H,17,18)(H,19,20). The van der Waals surface area contributed by atoms with Gasteiger partial charge in [0.2, 0.25) is 5.91 Å². The maximum Gasteiger partial charge on any atom is 0.303 e.